The summed E-state index contributed by atoms with van der Waals surface area (Å²) in [6.45, 7) is 2.02. The number of hydrogen-bond acceptors (Lipinski definition) is 5. The van der Waals surface area contributed by atoms with Gasteiger partial charge in [-0.1, -0.05) is 72.3 Å². The molecule has 0 saturated carbocycles. The Morgan fingerprint density at radius 3 is 2.16 bits per heavy atom. The van der Waals surface area contributed by atoms with E-state index in [1.54, 1.807) is 10.9 Å². The Balaban J connectivity index is 1.71. The van der Waals surface area contributed by atoms with Crippen molar-refractivity contribution in [2.45, 2.75) is 6.92 Å². The molecule has 0 amide bonds. The predicted molar refractivity (Wildman–Crippen MR) is 122 cm³/mol. The van der Waals surface area contributed by atoms with Gasteiger partial charge in [0.25, 0.3) is 0 Å². The highest BCUT2D eigenvalue weighted by Gasteiger charge is 2.22. The maximum atomic E-state index is 13.5. The van der Waals surface area contributed by atoms with E-state index in [0.717, 1.165) is 22.4 Å². The Morgan fingerprint density at radius 2 is 1.52 bits per heavy atom. The molecule has 3 aromatic carbocycles. The van der Waals surface area contributed by atoms with Crippen molar-refractivity contribution in [1.82, 2.24) is 25.1 Å². The summed E-state index contributed by atoms with van der Waals surface area (Å²) in [7, 11) is 3.73. The van der Waals surface area contributed by atoms with Crippen LogP contribution in [0.3, 0.4) is 0 Å². The molecule has 6 nitrogen and oxygen atoms in total. The third kappa shape index (κ3) is 4.43. The van der Waals surface area contributed by atoms with Crippen molar-refractivity contribution >= 4 is 11.4 Å². The van der Waals surface area contributed by atoms with Crippen LogP contribution >= 0.6 is 0 Å². The maximum absolute atomic E-state index is 13.5. The van der Waals surface area contributed by atoms with Crippen LogP contribution in [0.15, 0.2) is 85.1 Å². The zero-order valence-electron chi connectivity index (χ0n) is 17.7. The van der Waals surface area contributed by atoms with Gasteiger partial charge >= 0.3 is 0 Å². The first-order valence-corrected chi connectivity index (χ1v) is 9.97. The van der Waals surface area contributed by atoms with Crippen LogP contribution < -0.4 is 0 Å². The first-order valence-electron chi connectivity index (χ1n) is 9.97. The van der Waals surface area contributed by atoms with Crippen LogP contribution in [0.1, 0.15) is 21.7 Å². The largest absolute Gasteiger partial charge is 0.383 e. The summed E-state index contributed by atoms with van der Waals surface area (Å²) in [6, 6.07) is 25.5. The highest BCUT2D eigenvalue weighted by atomic mass is 16.1. The molecular weight excluding hydrogens is 386 g/mol. The highest BCUT2D eigenvalue weighted by Crippen LogP contribution is 2.24. The number of ketones is 1. The van der Waals surface area contributed by atoms with Crippen LogP contribution in [0.25, 0.3) is 22.4 Å². The number of carbonyl (C=O) groups is 1. The normalized spacial score (nSPS) is 11.4. The van der Waals surface area contributed by atoms with Gasteiger partial charge in [-0.25, -0.2) is 0 Å². The van der Waals surface area contributed by atoms with Crippen molar-refractivity contribution in [3.63, 3.8) is 0 Å². The molecule has 4 aromatic rings. The third-order valence-electron chi connectivity index (χ3n) is 4.88. The lowest BCUT2D eigenvalue weighted by Gasteiger charge is -2.12. The fraction of sp³-hybridized carbons (Fsp3) is 0.120. The van der Waals surface area contributed by atoms with Gasteiger partial charge in [-0.15, -0.1) is 5.10 Å². The van der Waals surface area contributed by atoms with E-state index in [0.29, 0.717) is 17.0 Å². The van der Waals surface area contributed by atoms with Crippen molar-refractivity contribution in [3.05, 3.63) is 102 Å². The summed E-state index contributed by atoms with van der Waals surface area (Å²) in [5, 5.41) is 12.1. The Labute approximate surface area is 181 Å². The number of hydrogen-bond donors (Lipinski definition) is 0. The average molecular weight is 409 g/mol. The molecule has 0 radical (unpaired) electrons. The number of tetrazole rings is 1. The molecule has 4 rings (SSSR count). The van der Waals surface area contributed by atoms with Crippen molar-refractivity contribution in [2.75, 3.05) is 14.1 Å². The number of Topliss-reactive ketones (excluding diaryl/α,β-unsaturated/α-hetero) is 1. The molecule has 0 atom stereocenters. The molecule has 1 aromatic heterocycles. The van der Waals surface area contributed by atoms with E-state index in [9.17, 15) is 4.79 Å². The minimum absolute atomic E-state index is 0.142. The zero-order chi connectivity index (χ0) is 21.8. The molecule has 0 spiro atoms. The molecule has 0 fully saturated rings. The molecule has 1 heterocycles. The Morgan fingerprint density at radius 1 is 0.871 bits per heavy atom. The summed E-state index contributed by atoms with van der Waals surface area (Å²) < 4.78 is 1.59. The topological polar surface area (TPSA) is 63.9 Å². The van der Waals surface area contributed by atoms with Crippen LogP contribution in [0.2, 0.25) is 0 Å². The van der Waals surface area contributed by atoms with Gasteiger partial charge in [0.05, 0.1) is 11.3 Å². The number of nitrogens with zero attached hydrogens (tertiary/aromatic N) is 5. The molecule has 0 aliphatic rings. The van der Waals surface area contributed by atoms with Gasteiger partial charge in [-0.3, -0.25) is 4.79 Å². The summed E-state index contributed by atoms with van der Waals surface area (Å²) in [5.74, 6) is 0.256. The van der Waals surface area contributed by atoms with E-state index in [1.807, 2.05) is 105 Å². The second kappa shape index (κ2) is 8.75. The van der Waals surface area contributed by atoms with Crippen LogP contribution in [0, 0.1) is 6.92 Å². The van der Waals surface area contributed by atoms with Crippen LogP contribution in [-0.2, 0) is 0 Å². The lowest BCUT2D eigenvalue weighted by Crippen LogP contribution is -2.13. The van der Waals surface area contributed by atoms with Crippen LogP contribution in [-0.4, -0.2) is 45.0 Å². The highest BCUT2D eigenvalue weighted by molar-refractivity contribution is 6.28. The number of carbonyl (C=O) groups excluding carboxylic acids is 1. The minimum Gasteiger partial charge on any atom is -0.383 e. The van der Waals surface area contributed by atoms with Gasteiger partial charge < -0.3 is 4.90 Å². The van der Waals surface area contributed by atoms with E-state index in [1.165, 1.54) is 0 Å². The Hall–Kier alpha value is -4.06. The second-order valence-corrected chi connectivity index (χ2v) is 7.53. The predicted octanol–water partition coefficient (Wildman–Crippen LogP) is 4.42. The number of benzene rings is 3. The van der Waals surface area contributed by atoms with Gasteiger partial charge in [0, 0.05) is 25.9 Å². The molecule has 0 N–H and O–H groups in total. The molecule has 0 unspecified atom stereocenters. The van der Waals surface area contributed by atoms with Gasteiger partial charge in [-0.2, -0.15) is 4.68 Å². The molecule has 154 valence electrons. The van der Waals surface area contributed by atoms with Gasteiger partial charge in [0.1, 0.15) is 0 Å². The lowest BCUT2D eigenvalue weighted by atomic mass is 9.99. The summed E-state index contributed by atoms with van der Waals surface area (Å²) in [5.41, 5.74) is 5.09. The Bertz CT molecular complexity index is 1210. The fourth-order valence-corrected chi connectivity index (χ4v) is 3.29. The second-order valence-electron chi connectivity index (χ2n) is 7.53. The third-order valence-corrected chi connectivity index (χ3v) is 4.88. The molecular formula is C25H23N5O. The molecule has 6 heteroatoms. The lowest BCUT2D eigenvalue weighted by molar-refractivity contribution is 0.105. The number of aryl methyl sites for hydroxylation is 1. The van der Waals surface area contributed by atoms with Crippen LogP contribution in [0.4, 0.5) is 0 Å². The van der Waals surface area contributed by atoms with E-state index in [4.69, 9.17) is 0 Å². The van der Waals surface area contributed by atoms with E-state index >= 15 is 0 Å². The Kier molecular flexibility index (Phi) is 5.71. The van der Waals surface area contributed by atoms with Crippen molar-refractivity contribution < 1.29 is 4.79 Å². The SMILES string of the molecule is Cc1ccc(-n2nnnc2C(=CN(C)C)C(=O)c2ccc(-c3ccccc3)cc2)cc1. The number of allylic oxidation sites excluding steroid dienone is 1. The fourth-order valence-electron chi connectivity index (χ4n) is 3.29. The van der Waals surface area contributed by atoms with Crippen molar-refractivity contribution in [2.24, 2.45) is 0 Å². The summed E-state index contributed by atoms with van der Waals surface area (Å²) >= 11 is 0. The van der Waals surface area contributed by atoms with Crippen molar-refractivity contribution in [1.29, 1.82) is 0 Å². The zero-order valence-corrected chi connectivity index (χ0v) is 17.7. The first-order chi connectivity index (χ1) is 15.0. The maximum Gasteiger partial charge on any atom is 0.198 e. The van der Waals surface area contributed by atoms with Gasteiger partial charge in [-0.05, 0) is 40.6 Å². The monoisotopic (exact) mass is 409 g/mol. The van der Waals surface area contributed by atoms with Crippen LogP contribution in [0.5, 0.6) is 0 Å². The summed E-state index contributed by atoms with van der Waals surface area (Å²) in [6.07, 6.45) is 1.75. The molecule has 0 aliphatic carbocycles. The summed E-state index contributed by atoms with van der Waals surface area (Å²) in [4.78, 5) is 15.3. The quantitative estimate of drug-likeness (QED) is 0.348. The first kappa shape index (κ1) is 20.2. The van der Waals surface area contributed by atoms with E-state index < -0.39 is 0 Å². The number of rotatable bonds is 6. The van der Waals surface area contributed by atoms with E-state index in [2.05, 4.69) is 15.5 Å². The van der Waals surface area contributed by atoms with Gasteiger partial charge in [0.2, 0.25) is 0 Å². The number of aromatic nitrogens is 4. The molecule has 0 aliphatic heterocycles. The average Bonchev–Trinajstić information content (AvgIpc) is 3.28. The van der Waals surface area contributed by atoms with Crippen molar-refractivity contribution in [3.8, 4) is 16.8 Å². The molecule has 0 saturated heterocycles. The van der Waals surface area contributed by atoms with Gasteiger partial charge in [0.15, 0.2) is 11.6 Å². The molecule has 0 bridgehead atoms. The molecule has 31 heavy (non-hydrogen) atoms. The smallest absolute Gasteiger partial charge is 0.198 e. The minimum atomic E-state index is -0.142. The standard InChI is InChI=1S/C25H23N5O/c1-18-9-15-22(16-10-18)30-25(26-27-28-30)23(17-29(2)3)24(31)21-13-11-20(12-14-21)19-7-5-4-6-8-19/h4-17H,1-3H3. The van der Waals surface area contributed by atoms with E-state index in [-0.39, 0.29) is 5.78 Å².